The lowest BCUT2D eigenvalue weighted by Crippen LogP contribution is -2.50. The van der Waals surface area contributed by atoms with E-state index < -0.39 is 16.1 Å². The SMILES string of the molecule is CSCC[C@@H](NS(=O)(=O)c1ccccc1)C(=O)N1CCC(C)CC1. The molecule has 1 amide bonds. The topological polar surface area (TPSA) is 66.5 Å². The molecule has 2 rings (SSSR count). The zero-order valence-corrected chi connectivity index (χ0v) is 15.9. The number of carbonyl (C=O) groups is 1. The maximum absolute atomic E-state index is 12.8. The molecule has 1 atom stereocenters. The molecule has 1 aromatic rings. The molecule has 1 saturated heterocycles. The summed E-state index contributed by atoms with van der Waals surface area (Å²) in [6.45, 7) is 3.61. The molecule has 0 aromatic heterocycles. The van der Waals surface area contributed by atoms with Crippen molar-refractivity contribution in [1.82, 2.24) is 9.62 Å². The van der Waals surface area contributed by atoms with Gasteiger partial charge in [0.2, 0.25) is 15.9 Å². The highest BCUT2D eigenvalue weighted by Crippen LogP contribution is 2.18. The zero-order valence-electron chi connectivity index (χ0n) is 14.3. The minimum atomic E-state index is -3.69. The van der Waals surface area contributed by atoms with Crippen LogP contribution < -0.4 is 4.72 Å². The van der Waals surface area contributed by atoms with Crippen molar-refractivity contribution in [2.45, 2.75) is 37.1 Å². The first kappa shape index (κ1) is 19.3. The molecular formula is C17H26N2O3S2. The molecule has 134 valence electrons. The molecule has 5 nitrogen and oxygen atoms in total. The van der Waals surface area contributed by atoms with E-state index in [4.69, 9.17) is 0 Å². The van der Waals surface area contributed by atoms with Crippen LogP contribution in [-0.4, -0.2) is 50.4 Å². The number of amides is 1. The Kier molecular flexibility index (Phi) is 7.13. The van der Waals surface area contributed by atoms with Crippen LogP contribution in [0.15, 0.2) is 35.2 Å². The van der Waals surface area contributed by atoms with Gasteiger partial charge in [0.1, 0.15) is 6.04 Å². The monoisotopic (exact) mass is 370 g/mol. The molecule has 1 heterocycles. The van der Waals surface area contributed by atoms with Crippen molar-refractivity contribution in [3.63, 3.8) is 0 Å². The molecule has 1 N–H and O–H groups in total. The lowest BCUT2D eigenvalue weighted by Gasteiger charge is -2.33. The van der Waals surface area contributed by atoms with Gasteiger partial charge in [0.05, 0.1) is 4.90 Å². The summed E-state index contributed by atoms with van der Waals surface area (Å²) in [6.07, 6.45) is 4.41. The second-order valence-electron chi connectivity index (χ2n) is 6.28. The second-order valence-corrected chi connectivity index (χ2v) is 8.98. The van der Waals surface area contributed by atoms with Gasteiger partial charge in [0.15, 0.2) is 0 Å². The number of nitrogens with zero attached hydrogens (tertiary/aromatic N) is 1. The highest BCUT2D eigenvalue weighted by molar-refractivity contribution is 7.98. The third-order valence-electron chi connectivity index (χ3n) is 4.35. The first-order valence-corrected chi connectivity index (χ1v) is 11.2. The van der Waals surface area contributed by atoms with Gasteiger partial charge < -0.3 is 4.90 Å². The van der Waals surface area contributed by atoms with E-state index in [0.29, 0.717) is 25.4 Å². The van der Waals surface area contributed by atoms with Crippen LogP contribution in [-0.2, 0) is 14.8 Å². The van der Waals surface area contributed by atoms with Crippen LogP contribution in [0.4, 0.5) is 0 Å². The lowest BCUT2D eigenvalue weighted by molar-refractivity contribution is -0.134. The Morgan fingerprint density at radius 2 is 1.92 bits per heavy atom. The van der Waals surface area contributed by atoms with Crippen molar-refractivity contribution in [1.29, 1.82) is 0 Å². The summed E-state index contributed by atoms with van der Waals surface area (Å²) in [5.41, 5.74) is 0. The van der Waals surface area contributed by atoms with Gasteiger partial charge in [-0.05, 0) is 49.3 Å². The predicted molar refractivity (Wildman–Crippen MR) is 98.5 cm³/mol. The fraction of sp³-hybridized carbons (Fsp3) is 0.588. The van der Waals surface area contributed by atoms with E-state index in [1.807, 2.05) is 6.26 Å². The number of nitrogens with one attached hydrogen (secondary N) is 1. The van der Waals surface area contributed by atoms with E-state index in [1.54, 1.807) is 47.0 Å². The molecule has 0 unspecified atom stereocenters. The van der Waals surface area contributed by atoms with Gasteiger partial charge >= 0.3 is 0 Å². The molecule has 0 saturated carbocycles. The summed E-state index contributed by atoms with van der Waals surface area (Å²) in [4.78, 5) is 14.8. The molecular weight excluding hydrogens is 344 g/mol. The van der Waals surface area contributed by atoms with Gasteiger partial charge in [-0.2, -0.15) is 16.5 Å². The zero-order chi connectivity index (χ0) is 17.6. The number of carbonyl (C=O) groups excluding carboxylic acids is 1. The van der Waals surface area contributed by atoms with Crippen molar-refractivity contribution in [2.24, 2.45) is 5.92 Å². The van der Waals surface area contributed by atoms with E-state index in [9.17, 15) is 13.2 Å². The Bertz CT molecular complexity index is 626. The van der Waals surface area contributed by atoms with Crippen molar-refractivity contribution in [2.75, 3.05) is 25.1 Å². The predicted octanol–water partition coefficient (Wildman–Crippen LogP) is 2.35. The van der Waals surface area contributed by atoms with E-state index in [0.717, 1.165) is 18.6 Å². The molecule has 1 fully saturated rings. The summed E-state index contributed by atoms with van der Waals surface area (Å²) < 4.78 is 27.7. The van der Waals surface area contributed by atoms with Crippen LogP contribution in [0.5, 0.6) is 0 Å². The van der Waals surface area contributed by atoms with Crippen LogP contribution in [0.1, 0.15) is 26.2 Å². The number of hydrogen-bond donors (Lipinski definition) is 1. The number of piperidine rings is 1. The first-order chi connectivity index (χ1) is 11.4. The Labute approximate surface area is 149 Å². The van der Waals surface area contributed by atoms with E-state index in [1.165, 1.54) is 0 Å². The van der Waals surface area contributed by atoms with E-state index in [-0.39, 0.29) is 10.8 Å². The van der Waals surface area contributed by atoms with Crippen LogP contribution in [0, 0.1) is 5.92 Å². The Hall–Kier alpha value is -1.05. The quantitative estimate of drug-likeness (QED) is 0.800. The summed E-state index contributed by atoms with van der Waals surface area (Å²) in [5.74, 6) is 1.26. The van der Waals surface area contributed by atoms with Gasteiger partial charge in [0.25, 0.3) is 0 Å². The van der Waals surface area contributed by atoms with Crippen molar-refractivity contribution in [3.05, 3.63) is 30.3 Å². The largest absolute Gasteiger partial charge is 0.341 e. The normalized spacial score (nSPS) is 17.7. The van der Waals surface area contributed by atoms with Gasteiger partial charge in [-0.1, -0.05) is 25.1 Å². The first-order valence-electron chi connectivity index (χ1n) is 8.29. The molecule has 1 aliphatic heterocycles. The average molecular weight is 371 g/mol. The highest BCUT2D eigenvalue weighted by atomic mass is 32.2. The maximum atomic E-state index is 12.8. The van der Waals surface area contributed by atoms with Crippen molar-refractivity contribution < 1.29 is 13.2 Å². The molecule has 0 radical (unpaired) electrons. The van der Waals surface area contributed by atoms with E-state index in [2.05, 4.69) is 11.6 Å². The van der Waals surface area contributed by atoms with Gasteiger partial charge in [-0.3, -0.25) is 4.79 Å². The Morgan fingerprint density at radius 3 is 2.50 bits per heavy atom. The minimum absolute atomic E-state index is 0.101. The molecule has 0 spiro atoms. The number of benzene rings is 1. The number of thioether (sulfide) groups is 1. The average Bonchev–Trinajstić information content (AvgIpc) is 2.59. The van der Waals surface area contributed by atoms with Crippen LogP contribution in [0.2, 0.25) is 0 Å². The van der Waals surface area contributed by atoms with E-state index >= 15 is 0 Å². The Balaban J connectivity index is 2.11. The number of hydrogen-bond acceptors (Lipinski definition) is 4. The van der Waals surface area contributed by atoms with Crippen LogP contribution >= 0.6 is 11.8 Å². The Morgan fingerprint density at radius 1 is 1.29 bits per heavy atom. The van der Waals surface area contributed by atoms with Gasteiger partial charge in [0, 0.05) is 13.1 Å². The molecule has 1 aromatic carbocycles. The summed E-state index contributed by atoms with van der Waals surface area (Å²) in [5, 5.41) is 0. The van der Waals surface area contributed by atoms with Gasteiger partial charge in [-0.15, -0.1) is 0 Å². The van der Waals surface area contributed by atoms with Crippen molar-refractivity contribution in [3.8, 4) is 0 Å². The maximum Gasteiger partial charge on any atom is 0.241 e. The molecule has 7 heteroatoms. The van der Waals surface area contributed by atoms with Gasteiger partial charge in [-0.25, -0.2) is 8.42 Å². The molecule has 0 bridgehead atoms. The second kappa shape index (κ2) is 8.87. The molecule has 0 aliphatic carbocycles. The smallest absolute Gasteiger partial charge is 0.241 e. The van der Waals surface area contributed by atoms with Crippen LogP contribution in [0.3, 0.4) is 0 Å². The summed E-state index contributed by atoms with van der Waals surface area (Å²) in [7, 11) is -3.69. The van der Waals surface area contributed by atoms with Crippen LogP contribution in [0.25, 0.3) is 0 Å². The fourth-order valence-electron chi connectivity index (χ4n) is 2.77. The third-order valence-corrected chi connectivity index (χ3v) is 6.49. The summed E-state index contributed by atoms with van der Waals surface area (Å²) >= 11 is 1.61. The minimum Gasteiger partial charge on any atom is -0.341 e. The number of sulfonamides is 1. The lowest BCUT2D eigenvalue weighted by atomic mass is 9.98. The fourth-order valence-corrected chi connectivity index (χ4v) is 4.49. The highest BCUT2D eigenvalue weighted by Gasteiger charge is 2.30. The molecule has 1 aliphatic rings. The van der Waals surface area contributed by atoms with Crippen molar-refractivity contribution >= 4 is 27.7 Å². The molecule has 24 heavy (non-hydrogen) atoms. The third kappa shape index (κ3) is 5.22. The number of rotatable bonds is 7. The summed E-state index contributed by atoms with van der Waals surface area (Å²) in [6, 6.07) is 7.52. The standard InChI is InChI=1S/C17H26N2O3S2/c1-14-8-11-19(12-9-14)17(20)16(10-13-23-2)18-24(21,22)15-6-4-3-5-7-15/h3-7,14,16,18H,8-13H2,1-2H3/t16-/m1/s1. The number of likely N-dealkylation sites (tertiary alicyclic amines) is 1.